The van der Waals surface area contributed by atoms with Gasteiger partial charge in [0.1, 0.15) is 11.5 Å². The summed E-state index contributed by atoms with van der Waals surface area (Å²) in [5.74, 6) is 2.86. The van der Waals surface area contributed by atoms with Crippen molar-refractivity contribution in [3.8, 4) is 11.5 Å². The van der Waals surface area contributed by atoms with Crippen LogP contribution in [0, 0.1) is 11.8 Å². The third-order valence-corrected chi connectivity index (χ3v) is 5.88. The summed E-state index contributed by atoms with van der Waals surface area (Å²) in [5, 5.41) is 19.5. The van der Waals surface area contributed by atoms with E-state index in [1.165, 1.54) is 19.3 Å². The third kappa shape index (κ3) is 5.64. The van der Waals surface area contributed by atoms with E-state index < -0.39 is 6.10 Å². The Kier molecular flexibility index (Phi) is 7.05. The Morgan fingerprint density at radius 3 is 2.19 bits per heavy atom. The van der Waals surface area contributed by atoms with Gasteiger partial charge in [-0.2, -0.15) is 0 Å². The average Bonchev–Trinajstić information content (AvgIpc) is 3.25. The van der Waals surface area contributed by atoms with Gasteiger partial charge in [-0.25, -0.2) is 0 Å². The fourth-order valence-corrected chi connectivity index (χ4v) is 4.26. The summed E-state index contributed by atoms with van der Waals surface area (Å²) < 4.78 is 4.94. The quantitative estimate of drug-likeness (QED) is 0.690. The lowest BCUT2D eigenvalue weighted by atomic mass is 10.0. The number of thiol groups is 1. The van der Waals surface area contributed by atoms with Crippen molar-refractivity contribution >= 4 is 12.6 Å². The van der Waals surface area contributed by atoms with E-state index in [-0.39, 0.29) is 5.75 Å². The first-order chi connectivity index (χ1) is 13.0. The highest BCUT2D eigenvalue weighted by Gasteiger charge is 2.36. The average molecular weight is 388 g/mol. The summed E-state index contributed by atoms with van der Waals surface area (Å²) >= 11 is 4.11. The molecule has 1 aliphatic carbocycles. The lowest BCUT2D eigenvalue weighted by Gasteiger charge is -2.21. The molecule has 3 atom stereocenters. The lowest BCUT2D eigenvalue weighted by molar-refractivity contribution is 0.122. The third-order valence-electron chi connectivity index (χ3n) is 5.58. The van der Waals surface area contributed by atoms with Crippen LogP contribution in [0.5, 0.6) is 11.5 Å². The summed E-state index contributed by atoms with van der Waals surface area (Å²) in [6.07, 6.45) is 3.70. The number of nitrogens with zero attached hydrogens (tertiary/aromatic N) is 1. The number of aliphatic hydroxyl groups is 1. The van der Waals surface area contributed by atoms with Crippen molar-refractivity contribution in [3.63, 3.8) is 0 Å². The number of aliphatic hydroxyl groups excluding tert-OH is 1. The Bertz CT molecular complexity index is 693. The number of rotatable bonds is 4. The maximum absolute atomic E-state index is 10.2. The SMILES string of the molecule is COc1ccc(S)cc1.Oc1ccc(C(O)CN2CC3CCCC3C2)cc1. The van der Waals surface area contributed by atoms with E-state index in [9.17, 15) is 10.2 Å². The molecule has 2 fully saturated rings. The van der Waals surface area contributed by atoms with E-state index in [2.05, 4.69) is 17.5 Å². The van der Waals surface area contributed by atoms with E-state index in [0.717, 1.165) is 47.7 Å². The predicted octanol–water partition coefficient (Wildman–Crippen LogP) is 4.14. The Hall–Kier alpha value is -1.69. The van der Waals surface area contributed by atoms with E-state index in [0.29, 0.717) is 0 Å². The first-order valence-electron chi connectivity index (χ1n) is 9.57. The first kappa shape index (κ1) is 20.1. The molecule has 1 heterocycles. The van der Waals surface area contributed by atoms with Crippen molar-refractivity contribution in [1.29, 1.82) is 0 Å². The molecular formula is C22H29NO3S. The molecule has 0 spiro atoms. The Morgan fingerprint density at radius 1 is 1.04 bits per heavy atom. The second kappa shape index (κ2) is 9.49. The molecule has 4 rings (SSSR count). The molecule has 1 saturated carbocycles. The summed E-state index contributed by atoms with van der Waals surface area (Å²) in [6, 6.07) is 14.4. The van der Waals surface area contributed by atoms with Crippen molar-refractivity contribution in [2.24, 2.45) is 11.8 Å². The number of phenols is 1. The number of benzene rings is 2. The molecule has 5 heteroatoms. The van der Waals surface area contributed by atoms with Gasteiger partial charge >= 0.3 is 0 Å². The minimum Gasteiger partial charge on any atom is -0.508 e. The maximum Gasteiger partial charge on any atom is 0.118 e. The van der Waals surface area contributed by atoms with E-state index in [4.69, 9.17) is 4.74 Å². The lowest BCUT2D eigenvalue weighted by Crippen LogP contribution is -2.27. The molecule has 2 aromatic rings. The van der Waals surface area contributed by atoms with Crippen LogP contribution in [-0.2, 0) is 0 Å². The molecule has 3 unspecified atom stereocenters. The van der Waals surface area contributed by atoms with E-state index in [1.807, 2.05) is 24.3 Å². The molecule has 1 saturated heterocycles. The van der Waals surface area contributed by atoms with E-state index in [1.54, 1.807) is 31.4 Å². The van der Waals surface area contributed by atoms with E-state index >= 15 is 0 Å². The highest BCUT2D eigenvalue weighted by atomic mass is 32.1. The summed E-state index contributed by atoms with van der Waals surface area (Å²) in [5.41, 5.74) is 0.893. The molecule has 0 aromatic heterocycles. The molecule has 0 radical (unpaired) electrons. The Morgan fingerprint density at radius 2 is 1.63 bits per heavy atom. The van der Waals surface area contributed by atoms with Crippen LogP contribution in [0.4, 0.5) is 0 Å². The highest BCUT2D eigenvalue weighted by Crippen LogP contribution is 2.38. The first-order valence-corrected chi connectivity index (χ1v) is 10.0. The van der Waals surface area contributed by atoms with Crippen LogP contribution >= 0.6 is 12.6 Å². The van der Waals surface area contributed by atoms with Crippen LogP contribution in [0.15, 0.2) is 53.4 Å². The predicted molar refractivity (Wildman–Crippen MR) is 111 cm³/mol. The van der Waals surface area contributed by atoms with Gasteiger partial charge in [-0.3, -0.25) is 4.90 Å². The zero-order chi connectivity index (χ0) is 19.2. The number of fused-ring (bicyclic) bond motifs is 1. The van der Waals surface area contributed by atoms with Crippen molar-refractivity contribution in [3.05, 3.63) is 54.1 Å². The van der Waals surface area contributed by atoms with Crippen LogP contribution in [0.3, 0.4) is 0 Å². The molecule has 2 N–H and O–H groups in total. The maximum atomic E-state index is 10.2. The van der Waals surface area contributed by atoms with Crippen molar-refractivity contribution in [2.45, 2.75) is 30.3 Å². The van der Waals surface area contributed by atoms with Gasteiger partial charge in [0, 0.05) is 24.5 Å². The smallest absolute Gasteiger partial charge is 0.118 e. The van der Waals surface area contributed by atoms with Gasteiger partial charge in [-0.05, 0) is 66.6 Å². The van der Waals surface area contributed by atoms with Gasteiger partial charge < -0.3 is 14.9 Å². The van der Waals surface area contributed by atoms with Gasteiger partial charge in [0.25, 0.3) is 0 Å². The molecule has 1 aliphatic heterocycles. The Balaban J connectivity index is 0.000000197. The van der Waals surface area contributed by atoms with Gasteiger partial charge in [0.2, 0.25) is 0 Å². The molecule has 0 bridgehead atoms. The fraction of sp³-hybridized carbons (Fsp3) is 0.455. The van der Waals surface area contributed by atoms with Gasteiger partial charge in [0.05, 0.1) is 13.2 Å². The summed E-state index contributed by atoms with van der Waals surface area (Å²) in [4.78, 5) is 3.35. The second-order valence-electron chi connectivity index (χ2n) is 7.47. The monoisotopic (exact) mass is 387 g/mol. The molecule has 4 nitrogen and oxygen atoms in total. The van der Waals surface area contributed by atoms with Crippen molar-refractivity contribution in [1.82, 2.24) is 4.90 Å². The summed E-state index contributed by atoms with van der Waals surface area (Å²) in [6.45, 7) is 3.03. The molecule has 2 aromatic carbocycles. The molecule has 27 heavy (non-hydrogen) atoms. The normalized spacial score (nSPS) is 22.6. The second-order valence-corrected chi connectivity index (χ2v) is 7.99. The van der Waals surface area contributed by atoms with Crippen LogP contribution in [0.25, 0.3) is 0 Å². The van der Waals surface area contributed by atoms with Crippen LogP contribution in [0.1, 0.15) is 30.9 Å². The fourth-order valence-electron chi connectivity index (χ4n) is 4.11. The minimum absolute atomic E-state index is 0.252. The zero-order valence-electron chi connectivity index (χ0n) is 15.8. The van der Waals surface area contributed by atoms with Crippen LogP contribution in [0.2, 0.25) is 0 Å². The zero-order valence-corrected chi connectivity index (χ0v) is 16.7. The number of likely N-dealkylation sites (tertiary alicyclic amines) is 1. The van der Waals surface area contributed by atoms with Gasteiger partial charge in [-0.15, -0.1) is 12.6 Å². The number of methoxy groups -OCH3 is 1. The van der Waals surface area contributed by atoms with Gasteiger partial charge in [-0.1, -0.05) is 18.6 Å². The molecule has 146 valence electrons. The molecular weight excluding hydrogens is 358 g/mol. The standard InChI is InChI=1S/C15H21NO2.C7H8OS/c17-14-6-4-11(5-7-14)15(18)10-16-8-12-2-1-3-13(12)9-16;1-8-6-2-4-7(9)5-3-6/h4-7,12-13,15,17-18H,1-3,8-10H2;2-5,9H,1H3. The number of ether oxygens (including phenoxy) is 1. The topological polar surface area (TPSA) is 52.9 Å². The minimum atomic E-state index is -0.440. The molecule has 0 amide bonds. The Labute approximate surface area is 167 Å². The number of hydrogen-bond acceptors (Lipinski definition) is 5. The number of β-amino-alcohol motifs (C(OH)–C–C–N with tert-alkyl or cyclic N) is 1. The van der Waals surface area contributed by atoms with Crippen LogP contribution < -0.4 is 4.74 Å². The van der Waals surface area contributed by atoms with Crippen LogP contribution in [-0.4, -0.2) is 41.9 Å². The van der Waals surface area contributed by atoms with Gasteiger partial charge in [0.15, 0.2) is 0 Å². The van der Waals surface area contributed by atoms with Crippen molar-refractivity contribution < 1.29 is 14.9 Å². The largest absolute Gasteiger partial charge is 0.508 e. The number of phenolic OH excluding ortho intramolecular Hbond substituents is 1. The number of hydrogen-bond donors (Lipinski definition) is 3. The van der Waals surface area contributed by atoms with Crippen molar-refractivity contribution in [2.75, 3.05) is 26.7 Å². The highest BCUT2D eigenvalue weighted by molar-refractivity contribution is 7.80. The molecule has 2 aliphatic rings. The summed E-state index contributed by atoms with van der Waals surface area (Å²) in [7, 11) is 1.65. The number of aromatic hydroxyl groups is 1.